The summed E-state index contributed by atoms with van der Waals surface area (Å²) in [4.78, 5) is 8.36. The largest absolute Gasteiger partial charge is 0.483 e. The summed E-state index contributed by atoms with van der Waals surface area (Å²) in [5.41, 5.74) is 0. The summed E-state index contributed by atoms with van der Waals surface area (Å²) < 4.78 is 4.63. The molecule has 0 aliphatic carbocycles. The fourth-order valence-electron chi connectivity index (χ4n) is 0.231. The van der Waals surface area contributed by atoms with Crippen molar-refractivity contribution in [2.75, 3.05) is 26.4 Å². The first kappa shape index (κ1) is 12.1. The normalized spacial score (nSPS) is 7.80. The maximum atomic E-state index is 8.36. The zero-order chi connectivity index (χ0) is 8.24. The van der Waals surface area contributed by atoms with Crippen molar-refractivity contribution in [3.8, 4) is 0 Å². The summed E-state index contributed by atoms with van der Waals surface area (Å²) in [5, 5.41) is 23.1. The van der Waals surface area contributed by atoms with Crippen molar-refractivity contribution in [1.82, 2.24) is 0 Å². The minimum absolute atomic E-state index is 0.0278. The number of aliphatic hydroxyl groups is 2. The Morgan fingerprint density at radius 1 is 1.20 bits per heavy atom. The van der Waals surface area contributed by atoms with Gasteiger partial charge in [-0.15, -0.1) is 0 Å². The maximum Gasteiger partial charge on any atom is 0.290 e. The number of hydrogen-bond donors (Lipinski definition) is 3. The molecule has 0 bridgehead atoms. The van der Waals surface area contributed by atoms with Crippen LogP contribution >= 0.6 is 0 Å². The molecule has 0 heterocycles. The minimum Gasteiger partial charge on any atom is -0.483 e. The lowest BCUT2D eigenvalue weighted by molar-refractivity contribution is -0.122. The topological polar surface area (TPSA) is 87.0 Å². The molecule has 0 aromatic rings. The molecule has 0 saturated heterocycles. The summed E-state index contributed by atoms with van der Waals surface area (Å²) in [6, 6.07) is 0. The predicted octanol–water partition coefficient (Wildman–Crippen LogP) is -1.31. The van der Waals surface area contributed by atoms with Crippen molar-refractivity contribution >= 4 is 6.47 Å². The van der Waals surface area contributed by atoms with Gasteiger partial charge < -0.3 is 20.1 Å². The average molecular weight is 152 g/mol. The standard InChI is InChI=1S/C4H10O3.CH2O2/c5-1-3-7-4-2-6;2-1-3/h5-6H,1-4H2;1H,(H,2,3). The second kappa shape index (κ2) is 15.8. The fourth-order valence-corrected chi connectivity index (χ4v) is 0.231. The molecule has 0 aromatic carbocycles. The Morgan fingerprint density at radius 3 is 1.70 bits per heavy atom. The van der Waals surface area contributed by atoms with Gasteiger partial charge in [-0.05, 0) is 0 Å². The quantitative estimate of drug-likeness (QED) is 0.344. The van der Waals surface area contributed by atoms with Crippen molar-refractivity contribution in [3.63, 3.8) is 0 Å². The first-order chi connectivity index (χ1) is 4.83. The third-order valence-corrected chi connectivity index (χ3v) is 0.471. The number of carboxylic acid groups (broad SMARTS) is 1. The Balaban J connectivity index is 0. The molecule has 62 valence electrons. The van der Waals surface area contributed by atoms with Gasteiger partial charge in [-0.25, -0.2) is 0 Å². The zero-order valence-electron chi connectivity index (χ0n) is 5.56. The van der Waals surface area contributed by atoms with E-state index in [-0.39, 0.29) is 19.7 Å². The Kier molecular flexibility index (Phi) is 19.0. The zero-order valence-corrected chi connectivity index (χ0v) is 5.56. The molecule has 5 nitrogen and oxygen atoms in total. The minimum atomic E-state index is -0.250. The van der Waals surface area contributed by atoms with Crippen LogP contribution in [0.3, 0.4) is 0 Å². The van der Waals surface area contributed by atoms with Gasteiger partial charge in [-0.2, -0.15) is 0 Å². The highest BCUT2D eigenvalue weighted by atomic mass is 16.5. The summed E-state index contributed by atoms with van der Waals surface area (Å²) in [6.45, 7) is 0.446. The Morgan fingerprint density at radius 2 is 1.50 bits per heavy atom. The molecule has 3 N–H and O–H groups in total. The smallest absolute Gasteiger partial charge is 0.290 e. The molecule has 0 unspecified atom stereocenters. The number of hydrogen-bond acceptors (Lipinski definition) is 4. The molecule has 0 aliphatic heterocycles. The van der Waals surface area contributed by atoms with Crippen molar-refractivity contribution in [2.45, 2.75) is 0 Å². The van der Waals surface area contributed by atoms with Crippen LogP contribution in [0, 0.1) is 0 Å². The molecular formula is C5H12O5. The Hall–Kier alpha value is -0.650. The van der Waals surface area contributed by atoms with E-state index in [2.05, 4.69) is 4.74 Å². The number of carbonyl (C=O) groups is 1. The molecule has 10 heavy (non-hydrogen) atoms. The maximum absolute atomic E-state index is 8.36. The lowest BCUT2D eigenvalue weighted by Gasteiger charge is -1.94. The molecule has 0 aliphatic rings. The van der Waals surface area contributed by atoms with Gasteiger partial charge in [0.15, 0.2) is 0 Å². The Labute approximate surface area is 58.9 Å². The van der Waals surface area contributed by atoms with Crippen LogP contribution in [0.2, 0.25) is 0 Å². The third-order valence-electron chi connectivity index (χ3n) is 0.471. The Bertz CT molecular complexity index is 52.0. The van der Waals surface area contributed by atoms with E-state index in [4.69, 9.17) is 20.1 Å². The van der Waals surface area contributed by atoms with E-state index in [1.165, 1.54) is 0 Å². The number of aliphatic hydroxyl groups excluding tert-OH is 2. The fraction of sp³-hybridized carbons (Fsp3) is 0.800. The molecule has 5 heteroatoms. The molecule has 0 aromatic heterocycles. The van der Waals surface area contributed by atoms with Gasteiger partial charge in [0.1, 0.15) is 0 Å². The van der Waals surface area contributed by atoms with Crippen molar-refractivity contribution in [2.24, 2.45) is 0 Å². The van der Waals surface area contributed by atoms with Gasteiger partial charge >= 0.3 is 0 Å². The van der Waals surface area contributed by atoms with Crippen LogP contribution in [-0.2, 0) is 9.53 Å². The second-order valence-corrected chi connectivity index (χ2v) is 1.16. The SMILES string of the molecule is O=CO.OCCOCCO. The van der Waals surface area contributed by atoms with Crippen LogP contribution in [0.5, 0.6) is 0 Å². The summed E-state index contributed by atoms with van der Waals surface area (Å²) >= 11 is 0. The second-order valence-electron chi connectivity index (χ2n) is 1.16. The van der Waals surface area contributed by atoms with Crippen LogP contribution in [0.15, 0.2) is 0 Å². The highest BCUT2D eigenvalue weighted by Crippen LogP contribution is 1.68. The third kappa shape index (κ3) is 26.4. The summed E-state index contributed by atoms with van der Waals surface area (Å²) in [5.74, 6) is 0. The van der Waals surface area contributed by atoms with Gasteiger partial charge in [0.2, 0.25) is 0 Å². The average Bonchev–Trinajstić information content (AvgIpc) is 1.91. The molecule has 0 spiro atoms. The lowest BCUT2D eigenvalue weighted by Crippen LogP contribution is -2.03. The molecule has 0 radical (unpaired) electrons. The summed E-state index contributed by atoms with van der Waals surface area (Å²) in [7, 11) is 0. The van der Waals surface area contributed by atoms with E-state index in [1.54, 1.807) is 0 Å². The van der Waals surface area contributed by atoms with E-state index in [9.17, 15) is 0 Å². The van der Waals surface area contributed by atoms with Gasteiger partial charge in [-0.1, -0.05) is 0 Å². The molecule has 0 rings (SSSR count). The van der Waals surface area contributed by atoms with Crippen LogP contribution in [-0.4, -0.2) is 48.2 Å². The number of rotatable bonds is 4. The molecule has 0 amide bonds. The lowest BCUT2D eigenvalue weighted by atomic mass is 10.7. The van der Waals surface area contributed by atoms with Crippen LogP contribution in [0.1, 0.15) is 0 Å². The van der Waals surface area contributed by atoms with E-state index in [0.29, 0.717) is 13.2 Å². The summed E-state index contributed by atoms with van der Waals surface area (Å²) in [6.07, 6.45) is 0. The van der Waals surface area contributed by atoms with Crippen molar-refractivity contribution in [3.05, 3.63) is 0 Å². The van der Waals surface area contributed by atoms with E-state index in [1.807, 2.05) is 0 Å². The predicted molar refractivity (Wildman–Crippen MR) is 33.7 cm³/mol. The van der Waals surface area contributed by atoms with Crippen LogP contribution in [0.25, 0.3) is 0 Å². The first-order valence-electron chi connectivity index (χ1n) is 2.70. The van der Waals surface area contributed by atoms with E-state index in [0.717, 1.165) is 0 Å². The van der Waals surface area contributed by atoms with Gasteiger partial charge in [0.05, 0.1) is 26.4 Å². The van der Waals surface area contributed by atoms with Gasteiger partial charge in [0, 0.05) is 0 Å². The first-order valence-corrected chi connectivity index (χ1v) is 2.70. The van der Waals surface area contributed by atoms with Gasteiger partial charge in [-0.3, -0.25) is 4.79 Å². The van der Waals surface area contributed by atoms with Crippen LogP contribution in [0.4, 0.5) is 0 Å². The number of ether oxygens (including phenoxy) is 1. The van der Waals surface area contributed by atoms with Crippen molar-refractivity contribution < 1.29 is 24.9 Å². The molecule has 0 atom stereocenters. The monoisotopic (exact) mass is 152 g/mol. The molecule has 0 saturated carbocycles. The van der Waals surface area contributed by atoms with E-state index >= 15 is 0 Å². The molecular weight excluding hydrogens is 140 g/mol. The van der Waals surface area contributed by atoms with Crippen molar-refractivity contribution in [1.29, 1.82) is 0 Å². The van der Waals surface area contributed by atoms with Gasteiger partial charge in [0.25, 0.3) is 6.47 Å². The van der Waals surface area contributed by atoms with E-state index < -0.39 is 0 Å². The molecule has 0 fully saturated rings. The highest BCUT2D eigenvalue weighted by molar-refractivity contribution is 5.32. The highest BCUT2D eigenvalue weighted by Gasteiger charge is 1.79. The van der Waals surface area contributed by atoms with Crippen LogP contribution < -0.4 is 0 Å².